The molecule has 0 fully saturated rings. The maximum Gasteiger partial charge on any atom is 0.243 e. The molecule has 0 saturated heterocycles. The molecule has 2 heterocycles. The number of carbonyl (C=O) groups excluding carboxylic acids is 1. The number of benzene rings is 1. The molecule has 126 valence electrons. The van der Waals surface area contributed by atoms with Crippen LogP contribution >= 0.6 is 0 Å². The van der Waals surface area contributed by atoms with Gasteiger partial charge in [-0.15, -0.1) is 0 Å². The van der Waals surface area contributed by atoms with Gasteiger partial charge in [0.05, 0.1) is 26.8 Å². The quantitative estimate of drug-likeness (QED) is 0.772. The van der Waals surface area contributed by atoms with Crippen LogP contribution in [0.15, 0.2) is 24.5 Å². The molecule has 1 atom stereocenters. The maximum absolute atomic E-state index is 11.6. The number of nitrogens with one attached hydrogen (secondary N) is 3. The molecule has 1 aromatic heterocycles. The average molecular weight is 329 g/mol. The van der Waals surface area contributed by atoms with Crippen LogP contribution in [0.25, 0.3) is 0 Å². The molecular weight excluding hydrogens is 310 g/mol. The molecule has 0 unspecified atom stereocenters. The van der Waals surface area contributed by atoms with Crippen molar-refractivity contribution in [2.75, 3.05) is 36.7 Å². The van der Waals surface area contributed by atoms with Crippen molar-refractivity contribution in [3.63, 3.8) is 0 Å². The highest BCUT2D eigenvalue weighted by Crippen LogP contribution is 2.34. The van der Waals surface area contributed by atoms with Crippen LogP contribution in [0.1, 0.15) is 18.5 Å². The lowest BCUT2D eigenvalue weighted by molar-refractivity contribution is -0.114. The van der Waals surface area contributed by atoms with Crippen LogP contribution in [0, 0.1) is 0 Å². The lowest BCUT2D eigenvalue weighted by atomic mass is 10.1. The molecule has 0 radical (unpaired) electrons. The summed E-state index contributed by atoms with van der Waals surface area (Å²) in [6.45, 7) is 2.17. The van der Waals surface area contributed by atoms with Gasteiger partial charge in [0.2, 0.25) is 5.91 Å². The van der Waals surface area contributed by atoms with Crippen molar-refractivity contribution in [1.82, 2.24) is 9.97 Å². The molecule has 1 aromatic carbocycles. The Kier molecular flexibility index (Phi) is 4.37. The molecule has 1 amide bonds. The molecule has 1 aliphatic heterocycles. The van der Waals surface area contributed by atoms with Crippen LogP contribution in [0.2, 0.25) is 0 Å². The number of hydrogen-bond acceptors (Lipinski definition) is 7. The summed E-state index contributed by atoms with van der Waals surface area (Å²) >= 11 is 0. The topological polar surface area (TPSA) is 97.4 Å². The number of amides is 1. The molecule has 2 aromatic rings. The third-order valence-electron chi connectivity index (χ3n) is 3.78. The minimum atomic E-state index is -0.132. The van der Waals surface area contributed by atoms with Gasteiger partial charge in [-0.1, -0.05) is 0 Å². The van der Waals surface area contributed by atoms with E-state index in [1.165, 1.54) is 6.33 Å². The lowest BCUT2D eigenvalue weighted by Gasteiger charge is -2.23. The Hall–Kier alpha value is -3.03. The number of methoxy groups -OCH3 is 2. The predicted molar refractivity (Wildman–Crippen MR) is 90.7 cm³/mol. The number of nitrogens with zero attached hydrogens (tertiary/aromatic N) is 2. The fraction of sp³-hybridized carbons (Fsp3) is 0.312. The van der Waals surface area contributed by atoms with Crippen molar-refractivity contribution in [3.05, 3.63) is 30.1 Å². The number of anilines is 3. The molecular formula is C16H19N5O3. The van der Waals surface area contributed by atoms with Gasteiger partial charge in [0.1, 0.15) is 23.5 Å². The molecule has 8 nitrogen and oxygen atoms in total. The van der Waals surface area contributed by atoms with Crippen LogP contribution in [0.5, 0.6) is 11.5 Å². The number of fused-ring (bicyclic) bond motifs is 1. The van der Waals surface area contributed by atoms with E-state index in [1.54, 1.807) is 14.2 Å². The van der Waals surface area contributed by atoms with Gasteiger partial charge < -0.3 is 25.4 Å². The zero-order valence-corrected chi connectivity index (χ0v) is 13.7. The Balaban J connectivity index is 1.91. The van der Waals surface area contributed by atoms with Gasteiger partial charge in [0.15, 0.2) is 11.6 Å². The smallest absolute Gasteiger partial charge is 0.243 e. The van der Waals surface area contributed by atoms with Gasteiger partial charge in [0.25, 0.3) is 0 Å². The van der Waals surface area contributed by atoms with E-state index in [9.17, 15) is 4.79 Å². The van der Waals surface area contributed by atoms with Gasteiger partial charge >= 0.3 is 0 Å². The Morgan fingerprint density at radius 2 is 2.08 bits per heavy atom. The zero-order chi connectivity index (χ0) is 17.1. The van der Waals surface area contributed by atoms with Gasteiger partial charge in [0, 0.05) is 5.56 Å². The van der Waals surface area contributed by atoms with Crippen LogP contribution < -0.4 is 25.4 Å². The number of hydrogen-bond donors (Lipinski definition) is 3. The van der Waals surface area contributed by atoms with E-state index in [1.807, 2.05) is 25.1 Å². The first-order valence-electron chi connectivity index (χ1n) is 7.49. The molecule has 3 N–H and O–H groups in total. The molecule has 0 aliphatic carbocycles. The molecule has 1 aliphatic rings. The summed E-state index contributed by atoms with van der Waals surface area (Å²) in [6.07, 6.45) is 1.45. The van der Waals surface area contributed by atoms with E-state index < -0.39 is 0 Å². The number of rotatable bonds is 5. The van der Waals surface area contributed by atoms with Crippen molar-refractivity contribution in [2.24, 2.45) is 0 Å². The second-order valence-corrected chi connectivity index (χ2v) is 5.32. The summed E-state index contributed by atoms with van der Waals surface area (Å²) in [4.78, 5) is 20.0. The largest absolute Gasteiger partial charge is 0.497 e. The SMILES string of the molecule is COc1ccc(OC)c([C@@H](C)Nc2ncnc3c2NC(=O)CN3)c1. The minimum absolute atomic E-state index is 0.132. The van der Waals surface area contributed by atoms with Gasteiger partial charge in [-0.3, -0.25) is 4.79 Å². The minimum Gasteiger partial charge on any atom is -0.497 e. The molecule has 3 rings (SSSR count). The highest BCUT2D eigenvalue weighted by atomic mass is 16.5. The number of carbonyl (C=O) groups is 1. The fourth-order valence-electron chi connectivity index (χ4n) is 2.56. The molecule has 0 saturated carbocycles. The third kappa shape index (κ3) is 3.03. The van der Waals surface area contributed by atoms with Gasteiger partial charge in [-0.25, -0.2) is 9.97 Å². The average Bonchev–Trinajstić information content (AvgIpc) is 2.61. The first-order chi connectivity index (χ1) is 11.6. The van der Waals surface area contributed by atoms with E-state index in [0.717, 1.165) is 17.1 Å². The summed E-state index contributed by atoms with van der Waals surface area (Å²) in [5, 5.41) is 9.04. The monoisotopic (exact) mass is 329 g/mol. The van der Waals surface area contributed by atoms with Crippen molar-refractivity contribution >= 4 is 23.2 Å². The Labute approximate surface area is 139 Å². The third-order valence-corrected chi connectivity index (χ3v) is 3.78. The second kappa shape index (κ2) is 6.61. The molecule has 8 heteroatoms. The number of aromatic nitrogens is 2. The molecule has 0 bridgehead atoms. The lowest BCUT2D eigenvalue weighted by Crippen LogP contribution is -2.29. The maximum atomic E-state index is 11.6. The van der Waals surface area contributed by atoms with E-state index >= 15 is 0 Å². The zero-order valence-electron chi connectivity index (χ0n) is 13.7. The molecule has 0 spiro atoms. The predicted octanol–water partition coefficient (Wildman–Crippen LogP) is 2.03. The van der Waals surface area contributed by atoms with Crippen LogP contribution in [-0.2, 0) is 4.79 Å². The highest BCUT2D eigenvalue weighted by Gasteiger charge is 2.21. The first kappa shape index (κ1) is 15.9. The summed E-state index contributed by atoms with van der Waals surface area (Å²) in [5.41, 5.74) is 1.46. The molecule has 24 heavy (non-hydrogen) atoms. The Morgan fingerprint density at radius 3 is 2.83 bits per heavy atom. The normalized spacial score (nSPS) is 14.0. The second-order valence-electron chi connectivity index (χ2n) is 5.32. The summed E-state index contributed by atoms with van der Waals surface area (Å²) in [7, 11) is 3.24. The summed E-state index contributed by atoms with van der Waals surface area (Å²) < 4.78 is 10.7. The van der Waals surface area contributed by atoms with Crippen molar-refractivity contribution < 1.29 is 14.3 Å². The number of ether oxygens (including phenoxy) is 2. The summed E-state index contributed by atoms with van der Waals surface area (Å²) in [6, 6.07) is 5.46. The van der Waals surface area contributed by atoms with Gasteiger partial charge in [-0.2, -0.15) is 0 Å². The Morgan fingerprint density at radius 1 is 1.25 bits per heavy atom. The van der Waals surface area contributed by atoms with Crippen molar-refractivity contribution in [2.45, 2.75) is 13.0 Å². The van der Waals surface area contributed by atoms with E-state index in [2.05, 4.69) is 25.9 Å². The van der Waals surface area contributed by atoms with Crippen LogP contribution in [0.3, 0.4) is 0 Å². The van der Waals surface area contributed by atoms with E-state index in [0.29, 0.717) is 17.3 Å². The standard InChI is InChI=1S/C16H19N5O3/c1-9(11-6-10(23-2)4-5-12(11)24-3)20-16-14-15(18-8-19-16)17-7-13(22)21-14/h4-6,8-9H,7H2,1-3H3,(H,21,22)(H2,17,18,19,20)/t9-/m1/s1. The Bertz CT molecular complexity index is 765. The van der Waals surface area contributed by atoms with Gasteiger partial charge in [-0.05, 0) is 25.1 Å². The van der Waals surface area contributed by atoms with E-state index in [4.69, 9.17) is 9.47 Å². The van der Waals surface area contributed by atoms with Crippen LogP contribution in [0.4, 0.5) is 17.3 Å². The van der Waals surface area contributed by atoms with Crippen molar-refractivity contribution in [3.8, 4) is 11.5 Å². The summed E-state index contributed by atoms with van der Waals surface area (Å²) in [5.74, 6) is 2.47. The van der Waals surface area contributed by atoms with E-state index in [-0.39, 0.29) is 18.5 Å². The van der Waals surface area contributed by atoms with Crippen molar-refractivity contribution in [1.29, 1.82) is 0 Å². The fourth-order valence-corrected chi connectivity index (χ4v) is 2.56. The van der Waals surface area contributed by atoms with Crippen LogP contribution in [-0.4, -0.2) is 36.6 Å². The first-order valence-corrected chi connectivity index (χ1v) is 7.49. The highest BCUT2D eigenvalue weighted by molar-refractivity contribution is 6.02.